The Morgan fingerprint density at radius 2 is 2.19 bits per heavy atom. The van der Waals surface area contributed by atoms with Crippen molar-refractivity contribution in [3.8, 4) is 5.75 Å². The summed E-state index contributed by atoms with van der Waals surface area (Å²) in [7, 11) is 0. The van der Waals surface area contributed by atoms with Gasteiger partial charge in [0, 0.05) is 18.7 Å². The van der Waals surface area contributed by atoms with Crippen molar-refractivity contribution < 1.29 is 9.94 Å². The third kappa shape index (κ3) is 4.63. The van der Waals surface area contributed by atoms with E-state index in [1.54, 1.807) is 12.1 Å². The Bertz CT molecular complexity index is 459. The zero-order valence-electron chi connectivity index (χ0n) is 12.7. The van der Waals surface area contributed by atoms with Gasteiger partial charge in [-0.3, -0.25) is 4.90 Å². The molecule has 1 saturated heterocycles. The van der Waals surface area contributed by atoms with Gasteiger partial charge in [-0.2, -0.15) is 0 Å². The van der Waals surface area contributed by atoms with Crippen LogP contribution in [0.2, 0.25) is 0 Å². The fourth-order valence-electron chi connectivity index (χ4n) is 2.76. The first-order chi connectivity index (χ1) is 10.2. The summed E-state index contributed by atoms with van der Waals surface area (Å²) in [6.45, 7) is 6.32. The van der Waals surface area contributed by atoms with Crippen LogP contribution in [0.15, 0.2) is 29.4 Å². The van der Waals surface area contributed by atoms with Gasteiger partial charge in [-0.25, -0.2) is 0 Å². The molecule has 0 aromatic heterocycles. The van der Waals surface area contributed by atoms with Gasteiger partial charge in [0.1, 0.15) is 12.4 Å². The van der Waals surface area contributed by atoms with E-state index >= 15 is 0 Å². The van der Waals surface area contributed by atoms with Crippen LogP contribution in [-0.4, -0.2) is 42.2 Å². The third-order valence-electron chi connectivity index (χ3n) is 4.11. The van der Waals surface area contributed by atoms with Crippen LogP contribution in [0.5, 0.6) is 5.75 Å². The van der Waals surface area contributed by atoms with E-state index in [4.69, 9.17) is 15.7 Å². The van der Waals surface area contributed by atoms with Crippen LogP contribution in [0.3, 0.4) is 0 Å². The van der Waals surface area contributed by atoms with E-state index < -0.39 is 0 Å². The molecule has 1 aliphatic rings. The number of benzene rings is 1. The van der Waals surface area contributed by atoms with Crippen LogP contribution in [0.25, 0.3) is 0 Å². The fraction of sp³-hybridized carbons (Fsp3) is 0.562. The molecule has 1 unspecified atom stereocenters. The number of oxime groups is 1. The molecule has 1 aromatic rings. The van der Waals surface area contributed by atoms with Gasteiger partial charge in [0.2, 0.25) is 0 Å². The van der Waals surface area contributed by atoms with Crippen molar-refractivity contribution in [1.29, 1.82) is 0 Å². The summed E-state index contributed by atoms with van der Waals surface area (Å²) in [6, 6.07) is 7.27. The van der Waals surface area contributed by atoms with E-state index in [-0.39, 0.29) is 5.84 Å². The van der Waals surface area contributed by atoms with E-state index in [0.717, 1.165) is 18.2 Å². The lowest BCUT2D eigenvalue weighted by Gasteiger charge is -2.32. The average molecular weight is 291 g/mol. The average Bonchev–Trinajstić information content (AvgIpc) is 2.55. The van der Waals surface area contributed by atoms with E-state index in [1.165, 1.54) is 32.4 Å². The monoisotopic (exact) mass is 291 g/mol. The van der Waals surface area contributed by atoms with Crippen molar-refractivity contribution in [3.63, 3.8) is 0 Å². The zero-order chi connectivity index (χ0) is 15.1. The number of nitrogens with zero attached hydrogens (tertiary/aromatic N) is 2. The molecule has 5 nitrogen and oxygen atoms in total. The highest BCUT2D eigenvalue weighted by atomic mass is 16.5. The highest BCUT2D eigenvalue weighted by Gasteiger charge is 2.17. The number of hydrogen-bond acceptors (Lipinski definition) is 4. The van der Waals surface area contributed by atoms with Gasteiger partial charge in [-0.1, -0.05) is 18.5 Å². The third-order valence-corrected chi connectivity index (χ3v) is 4.11. The molecule has 21 heavy (non-hydrogen) atoms. The van der Waals surface area contributed by atoms with Crippen molar-refractivity contribution in [2.45, 2.75) is 26.2 Å². The maximum absolute atomic E-state index is 8.61. The molecule has 0 radical (unpaired) electrons. The SMILES string of the molecule is CCC1CCCN(CCOc2ccc(C(N)=NO)cc2)C1. The summed E-state index contributed by atoms with van der Waals surface area (Å²) in [4.78, 5) is 2.49. The fourth-order valence-corrected chi connectivity index (χ4v) is 2.76. The summed E-state index contributed by atoms with van der Waals surface area (Å²) < 4.78 is 5.76. The number of piperidine rings is 1. The molecule has 1 heterocycles. The van der Waals surface area contributed by atoms with Crippen LogP contribution < -0.4 is 10.5 Å². The number of hydrogen-bond donors (Lipinski definition) is 2. The molecule has 1 atom stereocenters. The number of nitrogens with two attached hydrogens (primary N) is 1. The normalized spacial score (nSPS) is 20.4. The van der Waals surface area contributed by atoms with Crippen LogP contribution in [-0.2, 0) is 0 Å². The number of ether oxygens (including phenoxy) is 1. The second-order valence-electron chi connectivity index (χ2n) is 5.58. The second-order valence-corrected chi connectivity index (χ2v) is 5.58. The van der Waals surface area contributed by atoms with Gasteiger partial charge in [0.25, 0.3) is 0 Å². The largest absolute Gasteiger partial charge is 0.492 e. The lowest BCUT2D eigenvalue weighted by molar-refractivity contribution is 0.145. The topological polar surface area (TPSA) is 71.1 Å². The van der Waals surface area contributed by atoms with Crippen molar-refractivity contribution in [2.75, 3.05) is 26.2 Å². The Morgan fingerprint density at radius 3 is 2.86 bits per heavy atom. The second kappa shape index (κ2) is 7.88. The smallest absolute Gasteiger partial charge is 0.170 e. The summed E-state index contributed by atoms with van der Waals surface area (Å²) in [5.74, 6) is 1.77. The summed E-state index contributed by atoms with van der Waals surface area (Å²) in [5, 5.41) is 11.6. The molecule has 1 fully saturated rings. The number of amidine groups is 1. The van der Waals surface area contributed by atoms with Gasteiger partial charge in [-0.15, -0.1) is 0 Å². The van der Waals surface area contributed by atoms with Crippen LogP contribution in [0.1, 0.15) is 31.7 Å². The molecule has 116 valence electrons. The van der Waals surface area contributed by atoms with Crippen LogP contribution in [0.4, 0.5) is 0 Å². The minimum Gasteiger partial charge on any atom is -0.492 e. The van der Waals surface area contributed by atoms with Crippen LogP contribution >= 0.6 is 0 Å². The Hall–Kier alpha value is -1.75. The predicted octanol–water partition coefficient (Wildman–Crippen LogP) is 2.28. The minimum atomic E-state index is 0.112. The molecule has 0 bridgehead atoms. The maximum atomic E-state index is 8.61. The van der Waals surface area contributed by atoms with E-state index in [9.17, 15) is 0 Å². The molecule has 1 aromatic carbocycles. The first-order valence-corrected chi connectivity index (χ1v) is 7.66. The maximum Gasteiger partial charge on any atom is 0.170 e. The molecule has 0 aliphatic carbocycles. The molecular formula is C16H25N3O2. The minimum absolute atomic E-state index is 0.112. The molecule has 2 rings (SSSR count). The molecular weight excluding hydrogens is 266 g/mol. The lowest BCUT2D eigenvalue weighted by Crippen LogP contribution is -2.37. The zero-order valence-corrected chi connectivity index (χ0v) is 12.7. The lowest BCUT2D eigenvalue weighted by atomic mass is 9.96. The molecule has 3 N–H and O–H groups in total. The van der Waals surface area contributed by atoms with E-state index in [1.807, 2.05) is 12.1 Å². The van der Waals surface area contributed by atoms with Gasteiger partial charge >= 0.3 is 0 Å². The van der Waals surface area contributed by atoms with E-state index in [2.05, 4.69) is 17.0 Å². The Labute approximate surface area is 126 Å². The predicted molar refractivity (Wildman–Crippen MR) is 83.9 cm³/mol. The Morgan fingerprint density at radius 1 is 1.43 bits per heavy atom. The van der Waals surface area contributed by atoms with Gasteiger partial charge in [-0.05, 0) is 49.6 Å². The van der Waals surface area contributed by atoms with Crippen molar-refractivity contribution in [2.24, 2.45) is 16.8 Å². The Kier molecular flexibility index (Phi) is 5.87. The molecule has 0 saturated carbocycles. The first-order valence-electron chi connectivity index (χ1n) is 7.66. The highest BCUT2D eigenvalue weighted by molar-refractivity contribution is 5.97. The quantitative estimate of drug-likeness (QED) is 0.365. The summed E-state index contributed by atoms with van der Waals surface area (Å²) >= 11 is 0. The summed E-state index contributed by atoms with van der Waals surface area (Å²) in [6.07, 6.45) is 3.93. The molecule has 0 spiro atoms. The Balaban J connectivity index is 1.75. The van der Waals surface area contributed by atoms with Gasteiger partial charge in [0.05, 0.1) is 0 Å². The molecule has 1 aliphatic heterocycles. The van der Waals surface area contributed by atoms with Crippen molar-refractivity contribution in [3.05, 3.63) is 29.8 Å². The number of rotatable bonds is 6. The molecule has 5 heteroatoms. The summed E-state index contributed by atoms with van der Waals surface area (Å²) in [5.41, 5.74) is 6.21. The van der Waals surface area contributed by atoms with Gasteiger partial charge < -0.3 is 15.7 Å². The van der Waals surface area contributed by atoms with E-state index in [0.29, 0.717) is 12.2 Å². The van der Waals surface area contributed by atoms with Crippen LogP contribution in [0, 0.1) is 5.92 Å². The standard InChI is InChI=1S/C16H25N3O2/c1-2-13-4-3-9-19(12-13)10-11-21-15-7-5-14(6-8-15)16(17)18-20/h5-8,13,20H,2-4,9-12H2,1H3,(H2,17,18). The molecule has 0 amide bonds. The van der Waals surface area contributed by atoms with Gasteiger partial charge in [0.15, 0.2) is 5.84 Å². The highest BCUT2D eigenvalue weighted by Crippen LogP contribution is 2.19. The van der Waals surface area contributed by atoms with Crippen molar-refractivity contribution in [1.82, 2.24) is 4.90 Å². The first kappa shape index (κ1) is 15.6. The number of likely N-dealkylation sites (tertiary alicyclic amines) is 1. The van der Waals surface area contributed by atoms with Crippen molar-refractivity contribution >= 4 is 5.84 Å².